The minimum absolute atomic E-state index is 0.00735. The van der Waals surface area contributed by atoms with E-state index in [0.29, 0.717) is 30.4 Å². The van der Waals surface area contributed by atoms with Crippen LogP contribution in [0.3, 0.4) is 0 Å². The van der Waals surface area contributed by atoms with E-state index < -0.39 is 33.4 Å². The lowest BCUT2D eigenvalue weighted by Crippen LogP contribution is -2.66. The van der Waals surface area contributed by atoms with Gasteiger partial charge in [-0.2, -0.15) is 0 Å². The van der Waals surface area contributed by atoms with Crippen molar-refractivity contribution >= 4 is 54.2 Å². The monoisotopic (exact) mass is 774 g/mol. The Morgan fingerprint density at radius 2 is 1.40 bits per heavy atom. The molecule has 1 fully saturated rings. The van der Waals surface area contributed by atoms with Crippen LogP contribution < -0.4 is 10.4 Å². The van der Waals surface area contributed by atoms with Crippen molar-refractivity contribution < 1.29 is 28.8 Å². The number of fused-ring (bicyclic) bond motifs is 5. The van der Waals surface area contributed by atoms with Crippen molar-refractivity contribution in [2.24, 2.45) is 17.8 Å². The maximum Gasteiger partial charge on any atom is 0.455 e. The van der Waals surface area contributed by atoms with E-state index in [2.05, 4.69) is 82.3 Å². The fourth-order valence-corrected chi connectivity index (χ4v) is 14.6. The largest absolute Gasteiger partial charge is 0.507 e. The molecule has 1 aliphatic heterocycles. The molecule has 290 valence electrons. The number of hydrogen-bond donors (Lipinski definition) is 2. The van der Waals surface area contributed by atoms with Crippen molar-refractivity contribution in [2.75, 3.05) is 6.61 Å². The van der Waals surface area contributed by atoms with Gasteiger partial charge in [0.2, 0.25) is 0 Å². The van der Waals surface area contributed by atoms with Gasteiger partial charge >= 0.3 is 7.12 Å². The molecule has 8 rings (SSSR count). The number of aromatic hydroxyl groups is 1. The normalized spacial score (nSPS) is 21.4. The molecular formula is C49H51BO6Si. The zero-order valence-electron chi connectivity index (χ0n) is 33.3. The second-order valence-corrected chi connectivity index (χ2v) is 21.3. The predicted octanol–water partition coefficient (Wildman–Crippen LogP) is 9.20. The van der Waals surface area contributed by atoms with Gasteiger partial charge in [-0.05, 0) is 81.5 Å². The van der Waals surface area contributed by atoms with E-state index >= 15 is 0 Å². The summed E-state index contributed by atoms with van der Waals surface area (Å²) < 4.78 is 14.0. The average Bonchev–Trinajstić information content (AvgIpc) is 3.22. The summed E-state index contributed by atoms with van der Waals surface area (Å²) in [5.74, 6) is -1.26. The third kappa shape index (κ3) is 7.07. The minimum atomic E-state index is -2.97. The third-order valence-corrected chi connectivity index (χ3v) is 17.7. The lowest BCUT2D eigenvalue weighted by atomic mass is 9.54. The lowest BCUT2D eigenvalue weighted by Gasteiger charge is -2.48. The first-order valence-electron chi connectivity index (χ1n) is 20.4. The molecule has 1 heterocycles. The summed E-state index contributed by atoms with van der Waals surface area (Å²) in [7, 11) is -4.04. The quantitative estimate of drug-likeness (QED) is 0.109. The predicted molar refractivity (Wildman–Crippen MR) is 232 cm³/mol. The Labute approximate surface area is 337 Å². The van der Waals surface area contributed by atoms with E-state index in [4.69, 9.17) is 9.08 Å². The Bertz CT molecular complexity index is 2320. The Kier molecular flexibility index (Phi) is 10.8. The van der Waals surface area contributed by atoms with Crippen LogP contribution in [0.25, 0.3) is 16.8 Å². The molecule has 0 spiro atoms. The molecule has 8 heteroatoms. The topological polar surface area (TPSA) is 93.1 Å². The van der Waals surface area contributed by atoms with Crippen LogP contribution in [-0.4, -0.2) is 49.8 Å². The molecule has 0 bridgehead atoms. The summed E-state index contributed by atoms with van der Waals surface area (Å²) in [5, 5.41) is 25.8. The van der Waals surface area contributed by atoms with Gasteiger partial charge in [-0.3, -0.25) is 9.59 Å². The molecule has 5 aromatic carbocycles. The molecule has 0 unspecified atom stereocenters. The first-order chi connectivity index (χ1) is 27.5. The van der Waals surface area contributed by atoms with E-state index in [1.54, 1.807) is 18.2 Å². The van der Waals surface area contributed by atoms with Crippen molar-refractivity contribution in [1.82, 2.24) is 0 Å². The summed E-state index contributed by atoms with van der Waals surface area (Å²) in [6, 6.07) is 39.9. The molecule has 57 heavy (non-hydrogen) atoms. The summed E-state index contributed by atoms with van der Waals surface area (Å²) in [6.07, 6.45) is 4.49. The number of rotatable bonds is 10. The van der Waals surface area contributed by atoms with Gasteiger partial charge in [0.15, 0.2) is 11.6 Å². The van der Waals surface area contributed by atoms with Gasteiger partial charge in [0, 0.05) is 28.3 Å². The summed E-state index contributed by atoms with van der Waals surface area (Å²) >= 11 is 0. The van der Waals surface area contributed by atoms with Gasteiger partial charge < -0.3 is 19.2 Å². The van der Waals surface area contributed by atoms with Gasteiger partial charge in [-0.1, -0.05) is 155 Å². The highest BCUT2D eigenvalue weighted by Crippen LogP contribution is 2.51. The maximum absolute atomic E-state index is 14.5. The fraction of sp³-hybridized carbons (Fsp3) is 0.306. The van der Waals surface area contributed by atoms with E-state index in [1.807, 2.05) is 54.6 Å². The van der Waals surface area contributed by atoms with Crippen LogP contribution in [0.2, 0.25) is 11.4 Å². The van der Waals surface area contributed by atoms with E-state index in [-0.39, 0.29) is 41.2 Å². The number of Topliss-reactive ketones (excluding diaryl/α,β-unsaturated/α-hetero) is 2. The molecule has 2 aliphatic carbocycles. The molecule has 0 amide bonds. The zero-order valence-corrected chi connectivity index (χ0v) is 34.3. The van der Waals surface area contributed by atoms with Gasteiger partial charge in [0.1, 0.15) is 5.75 Å². The highest BCUT2D eigenvalue weighted by molar-refractivity contribution is 6.99. The van der Waals surface area contributed by atoms with Crippen molar-refractivity contribution in [1.29, 1.82) is 0 Å². The molecule has 0 radical (unpaired) electrons. The first-order valence-corrected chi connectivity index (χ1v) is 22.3. The van der Waals surface area contributed by atoms with Crippen LogP contribution >= 0.6 is 0 Å². The van der Waals surface area contributed by atoms with Gasteiger partial charge in [-0.15, -0.1) is 0 Å². The van der Waals surface area contributed by atoms with Crippen LogP contribution in [0.1, 0.15) is 79.7 Å². The van der Waals surface area contributed by atoms with Crippen molar-refractivity contribution in [3.63, 3.8) is 0 Å². The van der Waals surface area contributed by atoms with Crippen LogP contribution in [-0.2, 0) is 9.08 Å². The second-order valence-electron chi connectivity index (χ2n) is 17.0. The third-order valence-electron chi connectivity index (χ3n) is 12.7. The molecule has 2 N–H and O–H groups in total. The van der Waals surface area contributed by atoms with Crippen LogP contribution in [0, 0.1) is 17.8 Å². The Balaban J connectivity index is 1.22. The summed E-state index contributed by atoms with van der Waals surface area (Å²) in [6.45, 7) is 9.21. The molecule has 0 saturated carbocycles. The average molecular weight is 775 g/mol. The molecule has 5 aromatic rings. The minimum Gasteiger partial charge on any atom is -0.507 e. The Hall–Kier alpha value is -4.86. The first kappa shape index (κ1) is 39.0. The van der Waals surface area contributed by atoms with Crippen molar-refractivity contribution in [3.8, 4) is 5.75 Å². The number of allylic oxidation sites excluding steroid dienone is 1. The van der Waals surface area contributed by atoms with E-state index in [9.17, 15) is 19.7 Å². The van der Waals surface area contributed by atoms with Crippen molar-refractivity contribution in [2.45, 2.75) is 70.8 Å². The second kappa shape index (κ2) is 15.8. The molecule has 3 aliphatic rings. The number of ketones is 2. The number of phenolic OH excluding ortho intramolecular Hbond substituents is 1. The number of phenols is 1. The maximum atomic E-state index is 14.5. The molecule has 1 saturated heterocycles. The van der Waals surface area contributed by atoms with Crippen LogP contribution in [0.4, 0.5) is 0 Å². The lowest BCUT2D eigenvalue weighted by molar-refractivity contribution is 0.0591. The highest BCUT2D eigenvalue weighted by atomic mass is 28.4. The summed E-state index contributed by atoms with van der Waals surface area (Å²) in [4.78, 5) is 28.9. The molecule has 4 atom stereocenters. The number of hydrogen-bond acceptors (Lipinski definition) is 6. The Morgan fingerprint density at radius 3 is 2.04 bits per heavy atom. The molecule has 0 aromatic heterocycles. The molecular weight excluding hydrogens is 723 g/mol. The smallest absolute Gasteiger partial charge is 0.455 e. The highest BCUT2D eigenvalue weighted by Gasteiger charge is 2.55. The van der Waals surface area contributed by atoms with E-state index in [0.717, 1.165) is 33.9 Å². The summed E-state index contributed by atoms with van der Waals surface area (Å²) in [5.41, 5.74) is 5.24. The van der Waals surface area contributed by atoms with E-state index in [1.165, 1.54) is 15.9 Å². The molecule has 6 nitrogen and oxygen atoms in total. The van der Waals surface area contributed by atoms with Crippen LogP contribution in [0.15, 0.2) is 138 Å². The van der Waals surface area contributed by atoms with Crippen molar-refractivity contribution in [3.05, 3.63) is 155 Å². The fourth-order valence-electron chi connectivity index (χ4n) is 10.1. The Morgan fingerprint density at radius 1 is 0.807 bits per heavy atom. The van der Waals surface area contributed by atoms with Gasteiger partial charge in [-0.25, -0.2) is 0 Å². The number of benzene rings is 5. The van der Waals surface area contributed by atoms with Crippen LogP contribution in [0.5, 0.6) is 5.75 Å². The van der Waals surface area contributed by atoms with Gasteiger partial charge in [0.25, 0.3) is 8.32 Å². The van der Waals surface area contributed by atoms with Gasteiger partial charge in [0.05, 0.1) is 12.7 Å². The number of carbonyl (C=O) groups is 2. The number of carbonyl (C=O) groups excluding carboxylic acids is 2. The zero-order chi connectivity index (χ0) is 39.9. The SMILES string of the molecule is CC/C(=C\c1ccc(O)c2ccccc12)CC[C@H]1OB(O)C[C@H]2C1=C(CO[Si](c1ccccc1)(c1ccccc1)C(C)(C)C)C[C@H]1C(=O)c3ccccc3C(=O)[C@H]12. The standard InChI is InChI=1S/C49H51BO6Si/c1-5-32(28-33-25-26-43(51)38-21-13-12-20-37(33)38)24-27-44-45-34(31-55-57(49(2,3)4,35-16-8-6-9-17-35)36-18-10-7-11-19-36)29-41-46(42(45)30-50(54)56-44)48(53)40-23-15-14-22-39(40)47(41)52/h6-23,25-26,28,41-42,44,46,51,54H,5,24,27,29-31H2,1-4H3/b32-28+/t41-,42+,44-,46-/m1/s1.